The van der Waals surface area contributed by atoms with Gasteiger partial charge in [-0.15, -0.1) is 0 Å². The molecule has 0 radical (unpaired) electrons. The quantitative estimate of drug-likeness (QED) is 0.634. The van der Waals surface area contributed by atoms with Crippen LogP contribution in [0.4, 0.5) is 0 Å². The van der Waals surface area contributed by atoms with Gasteiger partial charge in [0.25, 0.3) is 0 Å². The standard InChI is InChI=1S/C12H21NO2/c1-5-7-12(9-13,8-6-2)11(14)15-10(3)4/h10H,5-8H2,1-4H3. The Kier molecular flexibility index (Phi) is 6.00. The largest absolute Gasteiger partial charge is 0.462 e. The molecular formula is C12H21NO2. The van der Waals surface area contributed by atoms with E-state index in [0.717, 1.165) is 12.8 Å². The van der Waals surface area contributed by atoms with Gasteiger partial charge in [-0.25, -0.2) is 0 Å². The van der Waals surface area contributed by atoms with Gasteiger partial charge in [0.2, 0.25) is 0 Å². The molecule has 0 aromatic carbocycles. The second-order valence-corrected chi connectivity index (χ2v) is 4.15. The van der Waals surface area contributed by atoms with E-state index in [0.29, 0.717) is 12.8 Å². The fraction of sp³-hybridized carbons (Fsp3) is 0.833. The fourth-order valence-corrected chi connectivity index (χ4v) is 1.67. The van der Waals surface area contributed by atoms with E-state index >= 15 is 0 Å². The maximum Gasteiger partial charge on any atom is 0.326 e. The first-order chi connectivity index (χ1) is 7.02. The number of nitrogens with zero attached hydrogens (tertiary/aromatic N) is 1. The molecule has 0 aliphatic carbocycles. The van der Waals surface area contributed by atoms with Crippen molar-refractivity contribution in [1.82, 2.24) is 0 Å². The van der Waals surface area contributed by atoms with Crippen molar-refractivity contribution < 1.29 is 9.53 Å². The molecule has 0 bridgehead atoms. The number of carbonyl (C=O) groups excluding carboxylic acids is 1. The summed E-state index contributed by atoms with van der Waals surface area (Å²) >= 11 is 0. The van der Waals surface area contributed by atoms with E-state index in [-0.39, 0.29) is 12.1 Å². The number of esters is 1. The second kappa shape index (κ2) is 6.44. The molecule has 86 valence electrons. The SMILES string of the molecule is CCCC(C#N)(CCC)C(=O)OC(C)C. The first kappa shape index (κ1) is 14.0. The molecule has 3 heteroatoms. The molecule has 0 aromatic heterocycles. The fourth-order valence-electron chi connectivity index (χ4n) is 1.67. The first-order valence-corrected chi connectivity index (χ1v) is 5.64. The van der Waals surface area contributed by atoms with Crippen LogP contribution in [0.1, 0.15) is 53.4 Å². The minimum absolute atomic E-state index is 0.154. The van der Waals surface area contributed by atoms with Crippen LogP contribution >= 0.6 is 0 Å². The molecule has 0 heterocycles. The highest BCUT2D eigenvalue weighted by Gasteiger charge is 2.38. The molecule has 0 fully saturated rings. The minimum atomic E-state index is -0.923. The maximum absolute atomic E-state index is 11.8. The van der Waals surface area contributed by atoms with Gasteiger partial charge in [0.15, 0.2) is 5.41 Å². The summed E-state index contributed by atoms with van der Waals surface area (Å²) in [5.74, 6) is -0.358. The molecule has 0 saturated heterocycles. The predicted octanol–water partition coefficient (Wildman–Crippen LogP) is 3.05. The van der Waals surface area contributed by atoms with Crippen LogP contribution in [0, 0.1) is 16.7 Å². The average molecular weight is 211 g/mol. The van der Waals surface area contributed by atoms with Gasteiger partial charge in [0, 0.05) is 0 Å². The van der Waals surface area contributed by atoms with E-state index in [1.165, 1.54) is 0 Å². The summed E-state index contributed by atoms with van der Waals surface area (Å²) in [6.45, 7) is 7.56. The number of hydrogen-bond acceptors (Lipinski definition) is 3. The van der Waals surface area contributed by atoms with E-state index in [1.807, 2.05) is 13.8 Å². The molecule has 0 atom stereocenters. The van der Waals surface area contributed by atoms with Crippen LogP contribution in [0.5, 0.6) is 0 Å². The number of nitriles is 1. The van der Waals surface area contributed by atoms with Crippen molar-refractivity contribution in [3.8, 4) is 6.07 Å². The summed E-state index contributed by atoms with van der Waals surface area (Å²) in [6, 6.07) is 2.15. The minimum Gasteiger partial charge on any atom is -0.462 e. The lowest BCUT2D eigenvalue weighted by atomic mass is 9.81. The van der Waals surface area contributed by atoms with E-state index in [4.69, 9.17) is 4.74 Å². The Morgan fingerprint density at radius 1 is 1.33 bits per heavy atom. The van der Waals surface area contributed by atoms with Gasteiger partial charge in [-0.2, -0.15) is 5.26 Å². The van der Waals surface area contributed by atoms with Gasteiger partial charge < -0.3 is 4.74 Å². The predicted molar refractivity (Wildman–Crippen MR) is 59.1 cm³/mol. The highest BCUT2D eigenvalue weighted by Crippen LogP contribution is 2.31. The Bertz CT molecular complexity index is 234. The molecular weight excluding hydrogens is 190 g/mol. The van der Waals surface area contributed by atoms with Crippen LogP contribution < -0.4 is 0 Å². The van der Waals surface area contributed by atoms with Crippen molar-refractivity contribution in [3.05, 3.63) is 0 Å². The van der Waals surface area contributed by atoms with Crippen LogP contribution in [-0.2, 0) is 9.53 Å². The Morgan fingerprint density at radius 2 is 1.80 bits per heavy atom. The summed E-state index contributed by atoms with van der Waals surface area (Å²) in [7, 11) is 0. The number of ether oxygens (including phenoxy) is 1. The maximum atomic E-state index is 11.8. The van der Waals surface area contributed by atoms with E-state index in [9.17, 15) is 10.1 Å². The lowest BCUT2D eigenvalue weighted by Gasteiger charge is -2.24. The third-order valence-corrected chi connectivity index (χ3v) is 2.30. The number of carbonyl (C=O) groups is 1. The monoisotopic (exact) mass is 211 g/mol. The molecule has 15 heavy (non-hydrogen) atoms. The zero-order valence-electron chi connectivity index (χ0n) is 10.2. The lowest BCUT2D eigenvalue weighted by molar-refractivity contribution is -0.157. The van der Waals surface area contributed by atoms with Gasteiger partial charge in [-0.3, -0.25) is 4.79 Å². The van der Waals surface area contributed by atoms with Crippen LogP contribution in [-0.4, -0.2) is 12.1 Å². The zero-order chi connectivity index (χ0) is 11.9. The van der Waals surface area contributed by atoms with Crippen molar-refractivity contribution in [1.29, 1.82) is 5.26 Å². The summed E-state index contributed by atoms with van der Waals surface area (Å²) in [6.07, 6.45) is 2.66. The summed E-state index contributed by atoms with van der Waals surface area (Å²) in [4.78, 5) is 11.8. The molecule has 0 aliphatic heterocycles. The van der Waals surface area contributed by atoms with Gasteiger partial charge in [0.05, 0.1) is 12.2 Å². The van der Waals surface area contributed by atoms with Gasteiger partial charge in [0.1, 0.15) is 0 Å². The summed E-state index contributed by atoms with van der Waals surface area (Å²) in [5, 5.41) is 9.17. The third kappa shape index (κ3) is 3.91. The molecule has 0 amide bonds. The third-order valence-electron chi connectivity index (χ3n) is 2.30. The molecule has 0 N–H and O–H groups in total. The molecule has 0 rings (SSSR count). The number of hydrogen-bond donors (Lipinski definition) is 0. The Morgan fingerprint density at radius 3 is 2.07 bits per heavy atom. The second-order valence-electron chi connectivity index (χ2n) is 4.15. The highest BCUT2D eigenvalue weighted by molar-refractivity contribution is 5.80. The van der Waals surface area contributed by atoms with Crippen LogP contribution in [0.15, 0.2) is 0 Å². The van der Waals surface area contributed by atoms with E-state index < -0.39 is 5.41 Å². The van der Waals surface area contributed by atoms with Crippen molar-refractivity contribution in [2.45, 2.75) is 59.5 Å². The topological polar surface area (TPSA) is 50.1 Å². The molecule has 0 aromatic rings. The van der Waals surface area contributed by atoms with Crippen LogP contribution in [0.3, 0.4) is 0 Å². The lowest BCUT2D eigenvalue weighted by Crippen LogP contribution is -2.33. The smallest absolute Gasteiger partial charge is 0.326 e. The molecule has 0 unspecified atom stereocenters. The molecule has 0 spiro atoms. The normalized spacial score (nSPS) is 11.2. The van der Waals surface area contributed by atoms with E-state index in [1.54, 1.807) is 13.8 Å². The molecule has 0 aliphatic rings. The number of rotatable bonds is 6. The van der Waals surface area contributed by atoms with Crippen LogP contribution in [0.2, 0.25) is 0 Å². The van der Waals surface area contributed by atoms with Gasteiger partial charge >= 0.3 is 5.97 Å². The van der Waals surface area contributed by atoms with Gasteiger partial charge in [-0.05, 0) is 26.7 Å². The summed E-state index contributed by atoms with van der Waals surface area (Å²) < 4.78 is 5.15. The first-order valence-electron chi connectivity index (χ1n) is 5.64. The molecule has 0 saturated carbocycles. The summed E-state index contributed by atoms with van der Waals surface area (Å²) in [5.41, 5.74) is -0.923. The Hall–Kier alpha value is -1.04. The van der Waals surface area contributed by atoms with Crippen molar-refractivity contribution in [2.24, 2.45) is 5.41 Å². The highest BCUT2D eigenvalue weighted by atomic mass is 16.5. The van der Waals surface area contributed by atoms with E-state index in [2.05, 4.69) is 6.07 Å². The zero-order valence-corrected chi connectivity index (χ0v) is 10.2. The Labute approximate surface area is 92.4 Å². The van der Waals surface area contributed by atoms with Crippen molar-refractivity contribution in [3.63, 3.8) is 0 Å². The molecule has 3 nitrogen and oxygen atoms in total. The van der Waals surface area contributed by atoms with Crippen molar-refractivity contribution in [2.75, 3.05) is 0 Å². The van der Waals surface area contributed by atoms with Crippen molar-refractivity contribution >= 4 is 5.97 Å². The Balaban J connectivity index is 4.74. The van der Waals surface area contributed by atoms with Crippen LogP contribution in [0.25, 0.3) is 0 Å². The van der Waals surface area contributed by atoms with Gasteiger partial charge in [-0.1, -0.05) is 26.7 Å². The average Bonchev–Trinajstić information content (AvgIpc) is 2.16.